The molecule has 2 heterocycles. The Labute approximate surface area is 111 Å². The summed E-state index contributed by atoms with van der Waals surface area (Å²) in [5.41, 5.74) is 0.974. The third-order valence-electron chi connectivity index (χ3n) is 3.18. The number of carbonyl (C=O) groups is 2. The molecule has 0 aliphatic carbocycles. The summed E-state index contributed by atoms with van der Waals surface area (Å²) in [5, 5.41) is 2.40. The predicted octanol–water partition coefficient (Wildman–Crippen LogP) is 0.738. The Morgan fingerprint density at radius 3 is 3.05 bits per heavy atom. The lowest BCUT2D eigenvalue weighted by Gasteiger charge is -2.23. The second-order valence-electron chi connectivity index (χ2n) is 4.54. The summed E-state index contributed by atoms with van der Waals surface area (Å²) < 4.78 is 4.44. The highest BCUT2D eigenvalue weighted by Crippen LogP contribution is 2.29. The van der Waals surface area contributed by atoms with Gasteiger partial charge in [0.05, 0.1) is 13.2 Å². The van der Waals surface area contributed by atoms with Crippen LogP contribution in [-0.4, -0.2) is 47.1 Å². The van der Waals surface area contributed by atoms with Crippen LogP contribution >= 0.6 is 0 Å². The number of methoxy groups -OCH3 is 1. The van der Waals surface area contributed by atoms with E-state index in [9.17, 15) is 9.59 Å². The molecule has 1 saturated heterocycles. The Balaban J connectivity index is 1.98. The van der Waals surface area contributed by atoms with Gasteiger partial charge in [-0.2, -0.15) is 0 Å². The molecule has 2 amide bonds. The number of aromatic nitrogens is 2. The predicted molar refractivity (Wildman–Crippen MR) is 67.4 cm³/mol. The maximum absolute atomic E-state index is 12.1. The molecule has 1 aromatic heterocycles. The van der Waals surface area contributed by atoms with Crippen molar-refractivity contribution >= 4 is 12.0 Å². The van der Waals surface area contributed by atoms with E-state index in [-0.39, 0.29) is 18.5 Å². The minimum atomic E-state index is -0.599. The molecule has 0 unspecified atom stereocenters. The van der Waals surface area contributed by atoms with E-state index in [0.29, 0.717) is 6.54 Å². The van der Waals surface area contributed by atoms with E-state index in [1.165, 1.54) is 7.11 Å². The molecule has 1 atom stereocenters. The van der Waals surface area contributed by atoms with Crippen LogP contribution < -0.4 is 5.32 Å². The lowest BCUT2D eigenvalue weighted by Crippen LogP contribution is -2.40. The van der Waals surface area contributed by atoms with Gasteiger partial charge in [-0.1, -0.05) is 0 Å². The number of alkyl carbamates (subject to hydrolysis) is 1. The summed E-state index contributed by atoms with van der Waals surface area (Å²) in [7, 11) is 1.27. The Morgan fingerprint density at radius 1 is 1.63 bits per heavy atom. The number of imidazole rings is 1. The van der Waals surface area contributed by atoms with Crippen molar-refractivity contribution in [1.82, 2.24) is 20.2 Å². The maximum atomic E-state index is 12.1. The van der Waals surface area contributed by atoms with Gasteiger partial charge in [-0.25, -0.2) is 9.78 Å². The number of nitrogens with one attached hydrogen (secondary N) is 2. The van der Waals surface area contributed by atoms with Crippen LogP contribution in [0.15, 0.2) is 6.20 Å². The van der Waals surface area contributed by atoms with Gasteiger partial charge in [-0.05, 0) is 19.8 Å². The van der Waals surface area contributed by atoms with E-state index >= 15 is 0 Å². The summed E-state index contributed by atoms with van der Waals surface area (Å²) in [6.45, 7) is 2.56. The van der Waals surface area contributed by atoms with E-state index in [0.717, 1.165) is 24.4 Å². The quantitative estimate of drug-likeness (QED) is 0.844. The number of hydrogen-bond acceptors (Lipinski definition) is 4. The molecule has 0 spiro atoms. The number of ether oxygens (including phenoxy) is 1. The third kappa shape index (κ3) is 3.04. The van der Waals surface area contributed by atoms with Gasteiger partial charge in [0.15, 0.2) is 0 Å². The topological polar surface area (TPSA) is 87.3 Å². The molecular weight excluding hydrogens is 248 g/mol. The molecular formula is C12H18N4O3. The van der Waals surface area contributed by atoms with Gasteiger partial charge in [0.25, 0.3) is 0 Å². The van der Waals surface area contributed by atoms with Gasteiger partial charge < -0.3 is 19.9 Å². The molecule has 1 aromatic rings. The Bertz CT molecular complexity index is 471. The second-order valence-corrected chi connectivity index (χ2v) is 4.54. The highest BCUT2D eigenvalue weighted by Gasteiger charge is 2.31. The Kier molecular flexibility index (Phi) is 4.03. The minimum absolute atomic E-state index is 0.0272. The van der Waals surface area contributed by atoms with Crippen molar-refractivity contribution < 1.29 is 14.3 Å². The molecule has 0 radical (unpaired) electrons. The molecule has 1 aliphatic rings. The minimum Gasteiger partial charge on any atom is -0.453 e. The first-order valence-corrected chi connectivity index (χ1v) is 6.24. The summed E-state index contributed by atoms with van der Waals surface area (Å²) in [4.78, 5) is 32.2. The fourth-order valence-electron chi connectivity index (χ4n) is 2.27. The van der Waals surface area contributed by atoms with Crippen LogP contribution in [0.4, 0.5) is 4.79 Å². The molecule has 2 rings (SSSR count). The Morgan fingerprint density at radius 2 is 2.42 bits per heavy atom. The molecule has 7 nitrogen and oxygen atoms in total. The highest BCUT2D eigenvalue weighted by molar-refractivity contribution is 5.82. The average Bonchev–Trinajstić information content (AvgIpc) is 3.03. The normalized spacial score (nSPS) is 18.4. The second kappa shape index (κ2) is 5.73. The number of rotatable bonds is 3. The molecule has 0 saturated carbocycles. The van der Waals surface area contributed by atoms with E-state index in [1.54, 1.807) is 11.1 Å². The van der Waals surface area contributed by atoms with Gasteiger partial charge in [-0.3, -0.25) is 4.79 Å². The van der Waals surface area contributed by atoms with E-state index in [4.69, 9.17) is 0 Å². The number of H-pyrrole nitrogens is 1. The average molecular weight is 266 g/mol. The summed E-state index contributed by atoms with van der Waals surface area (Å²) >= 11 is 0. The smallest absolute Gasteiger partial charge is 0.407 e. The van der Waals surface area contributed by atoms with E-state index in [2.05, 4.69) is 20.0 Å². The molecule has 1 aliphatic heterocycles. The number of carbonyl (C=O) groups excluding carboxylic acids is 2. The number of hydrogen-bond donors (Lipinski definition) is 2. The van der Waals surface area contributed by atoms with Crippen molar-refractivity contribution in [1.29, 1.82) is 0 Å². The maximum Gasteiger partial charge on any atom is 0.407 e. The van der Waals surface area contributed by atoms with Crippen molar-refractivity contribution in [2.45, 2.75) is 25.8 Å². The first kappa shape index (κ1) is 13.4. The first-order valence-electron chi connectivity index (χ1n) is 6.24. The van der Waals surface area contributed by atoms with Crippen LogP contribution in [0.1, 0.15) is 30.4 Å². The van der Waals surface area contributed by atoms with E-state index in [1.807, 2.05) is 6.92 Å². The lowest BCUT2D eigenvalue weighted by atomic mass is 10.2. The van der Waals surface area contributed by atoms with Crippen LogP contribution in [0.25, 0.3) is 0 Å². The third-order valence-corrected chi connectivity index (χ3v) is 3.18. The van der Waals surface area contributed by atoms with Crippen molar-refractivity contribution in [3.05, 3.63) is 17.7 Å². The van der Waals surface area contributed by atoms with Crippen molar-refractivity contribution in [3.63, 3.8) is 0 Å². The highest BCUT2D eigenvalue weighted by atomic mass is 16.5. The molecule has 19 heavy (non-hydrogen) atoms. The fourth-order valence-corrected chi connectivity index (χ4v) is 2.27. The summed E-state index contributed by atoms with van der Waals surface area (Å²) in [5.74, 6) is 0.684. The zero-order chi connectivity index (χ0) is 13.8. The van der Waals surface area contributed by atoms with Crippen LogP contribution in [0.2, 0.25) is 0 Å². The van der Waals surface area contributed by atoms with Crippen molar-refractivity contribution in [3.8, 4) is 0 Å². The lowest BCUT2D eigenvalue weighted by molar-refractivity contribution is -0.131. The molecule has 2 N–H and O–H groups in total. The fraction of sp³-hybridized carbons (Fsp3) is 0.583. The van der Waals surface area contributed by atoms with Gasteiger partial charge in [0.2, 0.25) is 5.91 Å². The molecule has 1 fully saturated rings. The standard InChI is InChI=1S/C12H18N4O3/c1-8-6-13-11(15-8)9-4-3-5-16(9)10(17)7-14-12(18)19-2/h6,9H,3-5,7H2,1-2H3,(H,13,15)(H,14,18)/t9-/m0/s1. The van der Waals surface area contributed by atoms with Gasteiger partial charge >= 0.3 is 6.09 Å². The van der Waals surface area contributed by atoms with Crippen molar-refractivity contribution in [2.24, 2.45) is 0 Å². The SMILES string of the molecule is COC(=O)NCC(=O)N1CCC[C@H]1c1ncc(C)[nH]1. The number of aromatic amines is 1. The van der Waals surface area contributed by atoms with Crippen LogP contribution in [-0.2, 0) is 9.53 Å². The number of nitrogens with zero attached hydrogens (tertiary/aromatic N) is 2. The zero-order valence-electron chi connectivity index (χ0n) is 11.1. The number of amides is 2. The van der Waals surface area contributed by atoms with Crippen LogP contribution in [0, 0.1) is 6.92 Å². The zero-order valence-corrected chi connectivity index (χ0v) is 11.1. The largest absolute Gasteiger partial charge is 0.453 e. The van der Waals surface area contributed by atoms with Crippen molar-refractivity contribution in [2.75, 3.05) is 20.2 Å². The summed E-state index contributed by atoms with van der Waals surface area (Å²) in [6.07, 6.45) is 2.98. The monoisotopic (exact) mass is 266 g/mol. The Hall–Kier alpha value is -2.05. The first-order chi connectivity index (χ1) is 9.11. The van der Waals surface area contributed by atoms with E-state index < -0.39 is 6.09 Å². The van der Waals surface area contributed by atoms with Gasteiger partial charge in [0, 0.05) is 18.4 Å². The summed E-state index contributed by atoms with van der Waals surface area (Å²) in [6, 6.07) is -0.0272. The van der Waals surface area contributed by atoms with Gasteiger partial charge in [-0.15, -0.1) is 0 Å². The molecule has 0 bridgehead atoms. The van der Waals surface area contributed by atoms with Crippen LogP contribution in [0.3, 0.4) is 0 Å². The van der Waals surface area contributed by atoms with Gasteiger partial charge in [0.1, 0.15) is 12.4 Å². The number of aryl methyl sites for hydroxylation is 1. The molecule has 0 aromatic carbocycles. The number of likely N-dealkylation sites (tertiary alicyclic amines) is 1. The molecule has 104 valence electrons. The van der Waals surface area contributed by atoms with Crippen LogP contribution in [0.5, 0.6) is 0 Å². The molecule has 7 heteroatoms.